The SMILES string of the molecule is Clc1ccc(C2=CCN[C]C2)cc1. The minimum Gasteiger partial charge on any atom is -0.304 e. The molecule has 1 nitrogen and oxygen atoms in total. The highest BCUT2D eigenvalue weighted by Crippen LogP contribution is 2.22. The summed E-state index contributed by atoms with van der Waals surface area (Å²) in [5.74, 6) is 0. The molecule has 0 amide bonds. The number of hydrogen-bond donors (Lipinski definition) is 1. The second-order valence-electron chi connectivity index (χ2n) is 2.97. The fraction of sp³-hybridized carbons (Fsp3) is 0.182. The summed E-state index contributed by atoms with van der Waals surface area (Å²) in [5, 5.41) is 3.83. The van der Waals surface area contributed by atoms with Crippen LogP contribution in [-0.2, 0) is 0 Å². The largest absolute Gasteiger partial charge is 0.304 e. The Morgan fingerprint density at radius 3 is 2.62 bits per heavy atom. The minimum atomic E-state index is 0.784. The average Bonchev–Trinajstić information content (AvgIpc) is 2.20. The molecular formula is C11H10ClN. The topological polar surface area (TPSA) is 12.0 Å². The Bertz CT molecular complexity index is 313. The molecule has 0 aliphatic carbocycles. The van der Waals surface area contributed by atoms with Gasteiger partial charge in [-0.25, -0.2) is 0 Å². The van der Waals surface area contributed by atoms with E-state index in [1.54, 1.807) is 0 Å². The third kappa shape index (κ3) is 2.11. The molecule has 13 heavy (non-hydrogen) atoms. The van der Waals surface area contributed by atoms with E-state index in [1.807, 2.05) is 24.3 Å². The zero-order valence-corrected chi connectivity index (χ0v) is 7.93. The maximum absolute atomic E-state index is 5.80. The van der Waals surface area contributed by atoms with Crippen molar-refractivity contribution in [1.29, 1.82) is 0 Å². The number of halogens is 1. The summed E-state index contributed by atoms with van der Waals surface area (Å²) in [6.45, 7) is 3.97. The molecule has 1 aromatic rings. The van der Waals surface area contributed by atoms with Crippen LogP contribution in [-0.4, -0.2) is 6.54 Å². The molecule has 1 aliphatic heterocycles. The zero-order chi connectivity index (χ0) is 9.10. The van der Waals surface area contributed by atoms with Gasteiger partial charge in [-0.05, 0) is 29.7 Å². The van der Waals surface area contributed by atoms with Gasteiger partial charge in [-0.1, -0.05) is 29.8 Å². The molecule has 0 bridgehead atoms. The van der Waals surface area contributed by atoms with Crippen molar-refractivity contribution in [3.05, 3.63) is 47.5 Å². The summed E-state index contributed by atoms with van der Waals surface area (Å²) in [5.41, 5.74) is 2.55. The van der Waals surface area contributed by atoms with E-state index in [0.717, 1.165) is 18.0 Å². The van der Waals surface area contributed by atoms with Crippen LogP contribution in [0.4, 0.5) is 0 Å². The lowest BCUT2D eigenvalue weighted by atomic mass is 10.0. The Balaban J connectivity index is 2.24. The van der Waals surface area contributed by atoms with Crippen LogP contribution in [0.15, 0.2) is 30.3 Å². The van der Waals surface area contributed by atoms with Crippen molar-refractivity contribution in [2.24, 2.45) is 0 Å². The first-order valence-electron chi connectivity index (χ1n) is 4.27. The van der Waals surface area contributed by atoms with E-state index >= 15 is 0 Å². The smallest absolute Gasteiger partial charge is 0.0636 e. The van der Waals surface area contributed by atoms with Gasteiger partial charge in [-0.15, -0.1) is 0 Å². The van der Waals surface area contributed by atoms with Crippen LogP contribution in [0.2, 0.25) is 5.02 Å². The Labute approximate surface area is 83.4 Å². The Morgan fingerprint density at radius 2 is 2.00 bits per heavy atom. The highest BCUT2D eigenvalue weighted by molar-refractivity contribution is 6.30. The normalized spacial score (nSPS) is 16.8. The quantitative estimate of drug-likeness (QED) is 0.720. The standard InChI is InChI=1S/C11H10ClN/c12-11-3-1-9(2-4-11)10-5-7-13-8-6-10/h1-5,13H,6-7H2. The first-order chi connectivity index (χ1) is 6.36. The highest BCUT2D eigenvalue weighted by atomic mass is 35.5. The van der Waals surface area contributed by atoms with Crippen molar-refractivity contribution in [2.75, 3.05) is 6.54 Å². The average molecular weight is 192 g/mol. The van der Waals surface area contributed by atoms with Gasteiger partial charge in [0.15, 0.2) is 0 Å². The van der Waals surface area contributed by atoms with Gasteiger partial charge in [0.05, 0.1) is 6.54 Å². The molecule has 2 radical (unpaired) electrons. The van der Waals surface area contributed by atoms with E-state index < -0.39 is 0 Å². The predicted molar refractivity (Wildman–Crippen MR) is 55.3 cm³/mol. The van der Waals surface area contributed by atoms with Gasteiger partial charge in [0, 0.05) is 11.6 Å². The van der Waals surface area contributed by atoms with Crippen molar-refractivity contribution in [1.82, 2.24) is 5.32 Å². The third-order valence-electron chi connectivity index (χ3n) is 2.07. The number of rotatable bonds is 1. The fourth-order valence-electron chi connectivity index (χ4n) is 1.36. The molecule has 2 heteroatoms. The van der Waals surface area contributed by atoms with Crippen LogP contribution in [0.25, 0.3) is 5.57 Å². The van der Waals surface area contributed by atoms with Crippen LogP contribution in [0.1, 0.15) is 12.0 Å². The second-order valence-corrected chi connectivity index (χ2v) is 3.41. The van der Waals surface area contributed by atoms with E-state index in [4.69, 9.17) is 11.6 Å². The first kappa shape index (κ1) is 8.79. The van der Waals surface area contributed by atoms with Gasteiger partial charge in [0.2, 0.25) is 0 Å². The van der Waals surface area contributed by atoms with Gasteiger partial charge in [0.25, 0.3) is 0 Å². The summed E-state index contributed by atoms with van der Waals surface area (Å²) in [7, 11) is 0. The first-order valence-corrected chi connectivity index (χ1v) is 4.65. The van der Waals surface area contributed by atoms with E-state index in [0.29, 0.717) is 0 Å². The van der Waals surface area contributed by atoms with Gasteiger partial charge in [-0.3, -0.25) is 0 Å². The van der Waals surface area contributed by atoms with Crippen molar-refractivity contribution in [3.63, 3.8) is 0 Å². The molecular weight excluding hydrogens is 182 g/mol. The molecule has 0 unspecified atom stereocenters. The third-order valence-corrected chi connectivity index (χ3v) is 2.32. The van der Waals surface area contributed by atoms with Crippen molar-refractivity contribution < 1.29 is 0 Å². The van der Waals surface area contributed by atoms with Gasteiger partial charge in [0.1, 0.15) is 0 Å². The lowest BCUT2D eigenvalue weighted by Crippen LogP contribution is -2.14. The van der Waals surface area contributed by atoms with Crippen LogP contribution in [0.5, 0.6) is 0 Å². The summed E-state index contributed by atoms with van der Waals surface area (Å²) in [4.78, 5) is 0. The van der Waals surface area contributed by atoms with Gasteiger partial charge < -0.3 is 5.32 Å². The van der Waals surface area contributed by atoms with Gasteiger partial charge in [-0.2, -0.15) is 0 Å². The lowest BCUT2D eigenvalue weighted by Gasteiger charge is -2.12. The monoisotopic (exact) mass is 191 g/mol. The van der Waals surface area contributed by atoms with Crippen molar-refractivity contribution >= 4 is 17.2 Å². The van der Waals surface area contributed by atoms with Crippen LogP contribution < -0.4 is 5.32 Å². The molecule has 2 rings (SSSR count). The number of benzene rings is 1. The molecule has 0 saturated heterocycles. The molecule has 66 valence electrons. The van der Waals surface area contributed by atoms with E-state index in [1.165, 1.54) is 11.1 Å². The van der Waals surface area contributed by atoms with Crippen molar-refractivity contribution in [2.45, 2.75) is 6.42 Å². The molecule has 1 aliphatic rings. The molecule has 0 aromatic heterocycles. The maximum Gasteiger partial charge on any atom is 0.0636 e. The van der Waals surface area contributed by atoms with E-state index in [-0.39, 0.29) is 0 Å². The zero-order valence-electron chi connectivity index (χ0n) is 7.18. The van der Waals surface area contributed by atoms with Crippen LogP contribution in [0, 0.1) is 6.54 Å². The number of nitrogens with one attached hydrogen (secondary N) is 1. The maximum atomic E-state index is 5.80. The Morgan fingerprint density at radius 1 is 1.23 bits per heavy atom. The van der Waals surface area contributed by atoms with E-state index in [2.05, 4.69) is 17.9 Å². The summed E-state index contributed by atoms with van der Waals surface area (Å²) in [6, 6.07) is 7.92. The molecule has 1 N–H and O–H groups in total. The summed E-state index contributed by atoms with van der Waals surface area (Å²) in [6.07, 6.45) is 3.04. The molecule has 0 saturated carbocycles. The molecule has 0 atom stereocenters. The number of hydrogen-bond acceptors (Lipinski definition) is 1. The predicted octanol–water partition coefficient (Wildman–Crippen LogP) is 2.76. The molecule has 0 spiro atoms. The van der Waals surface area contributed by atoms with E-state index in [9.17, 15) is 0 Å². The summed E-state index contributed by atoms with van der Waals surface area (Å²) >= 11 is 5.80. The molecule has 1 aromatic carbocycles. The minimum absolute atomic E-state index is 0.784. The van der Waals surface area contributed by atoms with Crippen molar-refractivity contribution in [3.8, 4) is 0 Å². The highest BCUT2D eigenvalue weighted by Gasteiger charge is 2.05. The second kappa shape index (κ2) is 3.95. The van der Waals surface area contributed by atoms with Crippen LogP contribution >= 0.6 is 11.6 Å². The summed E-state index contributed by atoms with van der Waals surface area (Å²) < 4.78 is 0. The van der Waals surface area contributed by atoms with Crippen LogP contribution in [0.3, 0.4) is 0 Å². The Hall–Kier alpha value is -0.790. The lowest BCUT2D eigenvalue weighted by molar-refractivity contribution is 0.839. The van der Waals surface area contributed by atoms with Gasteiger partial charge >= 0.3 is 0 Å². The Kier molecular flexibility index (Phi) is 2.67. The molecule has 1 heterocycles. The molecule has 0 fully saturated rings. The fourth-order valence-corrected chi connectivity index (χ4v) is 1.49.